The summed E-state index contributed by atoms with van der Waals surface area (Å²) in [5.74, 6) is -1.48. The quantitative estimate of drug-likeness (QED) is 0.709. The van der Waals surface area contributed by atoms with Gasteiger partial charge < -0.3 is 20.3 Å². The number of rotatable bonds is 6. The molecule has 2 atom stereocenters. The molecule has 7 nitrogen and oxygen atoms in total. The first kappa shape index (κ1) is 19.9. The van der Waals surface area contributed by atoms with E-state index in [-0.39, 0.29) is 24.3 Å². The minimum atomic E-state index is -0.933. The van der Waals surface area contributed by atoms with Crippen LogP contribution in [0.15, 0.2) is 30.5 Å². The number of carboxylic acid groups (broad SMARTS) is 1. The lowest BCUT2D eigenvalue weighted by Gasteiger charge is -2.30. The number of aromatic amines is 1. The lowest BCUT2D eigenvalue weighted by molar-refractivity contribution is -0.151. The number of fused-ring (bicyclic) bond motifs is 1. The number of carboxylic acids is 1. The summed E-state index contributed by atoms with van der Waals surface area (Å²) in [6.45, 7) is 5.68. The Hall–Kier alpha value is -2.83. The normalized spacial score (nSPS) is 20.5. The van der Waals surface area contributed by atoms with Crippen molar-refractivity contribution in [3.05, 3.63) is 36.0 Å². The van der Waals surface area contributed by atoms with E-state index in [0.717, 1.165) is 16.5 Å². The van der Waals surface area contributed by atoms with Crippen molar-refractivity contribution in [2.24, 2.45) is 11.3 Å². The van der Waals surface area contributed by atoms with Gasteiger partial charge in [0.2, 0.25) is 11.8 Å². The maximum Gasteiger partial charge on any atom is 0.311 e. The van der Waals surface area contributed by atoms with Crippen LogP contribution in [0.1, 0.15) is 32.8 Å². The maximum absolute atomic E-state index is 13.2. The standard InChI is InChI=1S/C21H27N3O4/c1-13(2)21(20(27)28)8-9-24(12-21)19(26)18(23-14(3)25)10-15-11-22-17-7-5-4-6-16(15)17/h4-7,11,13,18,22H,8-10,12H2,1-3H3,(H,23,25)(H,27,28). The molecule has 2 unspecified atom stereocenters. The van der Waals surface area contributed by atoms with Crippen LogP contribution < -0.4 is 5.32 Å². The van der Waals surface area contributed by atoms with E-state index in [1.807, 2.05) is 44.3 Å². The Labute approximate surface area is 164 Å². The van der Waals surface area contributed by atoms with Crippen molar-refractivity contribution in [1.29, 1.82) is 0 Å². The highest BCUT2D eigenvalue weighted by Gasteiger charge is 2.49. The fourth-order valence-electron chi connectivity index (χ4n) is 4.10. The number of aromatic nitrogens is 1. The predicted octanol–water partition coefficient (Wildman–Crippen LogP) is 2.17. The second-order valence-electron chi connectivity index (χ2n) is 7.94. The molecule has 3 N–H and O–H groups in total. The monoisotopic (exact) mass is 385 g/mol. The molecule has 1 aromatic carbocycles. The molecule has 0 spiro atoms. The Morgan fingerprint density at radius 2 is 2.00 bits per heavy atom. The third-order valence-electron chi connectivity index (χ3n) is 5.92. The number of likely N-dealkylation sites (tertiary alicyclic amines) is 1. The van der Waals surface area contributed by atoms with Crippen LogP contribution in [0, 0.1) is 11.3 Å². The minimum absolute atomic E-state index is 0.0874. The Balaban J connectivity index is 1.83. The van der Waals surface area contributed by atoms with Crippen LogP contribution in [0.5, 0.6) is 0 Å². The van der Waals surface area contributed by atoms with Crippen LogP contribution in [-0.4, -0.2) is 51.9 Å². The summed E-state index contributed by atoms with van der Waals surface area (Å²) >= 11 is 0. The van der Waals surface area contributed by atoms with Crippen LogP contribution in [0.2, 0.25) is 0 Å². The van der Waals surface area contributed by atoms with Crippen molar-refractivity contribution in [3.63, 3.8) is 0 Å². The third-order valence-corrected chi connectivity index (χ3v) is 5.92. The number of carbonyl (C=O) groups is 3. The van der Waals surface area contributed by atoms with Crippen molar-refractivity contribution in [3.8, 4) is 0 Å². The van der Waals surface area contributed by atoms with Crippen molar-refractivity contribution in [1.82, 2.24) is 15.2 Å². The van der Waals surface area contributed by atoms with E-state index in [1.165, 1.54) is 6.92 Å². The molecule has 1 fully saturated rings. The number of aliphatic carboxylic acids is 1. The van der Waals surface area contributed by atoms with Crippen LogP contribution in [0.4, 0.5) is 0 Å². The van der Waals surface area contributed by atoms with E-state index in [9.17, 15) is 19.5 Å². The first-order valence-corrected chi connectivity index (χ1v) is 9.59. The van der Waals surface area contributed by atoms with Crippen molar-refractivity contribution in [2.75, 3.05) is 13.1 Å². The number of nitrogens with zero attached hydrogens (tertiary/aromatic N) is 1. The topological polar surface area (TPSA) is 103 Å². The van der Waals surface area contributed by atoms with Gasteiger partial charge in [-0.05, 0) is 24.0 Å². The van der Waals surface area contributed by atoms with E-state index in [4.69, 9.17) is 0 Å². The van der Waals surface area contributed by atoms with E-state index < -0.39 is 17.4 Å². The van der Waals surface area contributed by atoms with Gasteiger partial charge in [-0.3, -0.25) is 14.4 Å². The van der Waals surface area contributed by atoms with Crippen LogP contribution >= 0.6 is 0 Å². The van der Waals surface area contributed by atoms with Crippen LogP contribution in [0.25, 0.3) is 10.9 Å². The molecular weight excluding hydrogens is 358 g/mol. The molecule has 1 saturated heterocycles. The Morgan fingerprint density at radius 3 is 2.61 bits per heavy atom. The molecule has 0 bridgehead atoms. The first-order chi connectivity index (χ1) is 13.2. The molecule has 0 radical (unpaired) electrons. The third kappa shape index (κ3) is 3.61. The smallest absolute Gasteiger partial charge is 0.311 e. The summed E-state index contributed by atoms with van der Waals surface area (Å²) in [5.41, 5.74) is 0.977. The van der Waals surface area contributed by atoms with E-state index in [1.54, 1.807) is 4.90 Å². The van der Waals surface area contributed by atoms with Crippen molar-refractivity contribution < 1.29 is 19.5 Å². The number of benzene rings is 1. The zero-order valence-corrected chi connectivity index (χ0v) is 16.5. The molecule has 0 saturated carbocycles. The van der Waals surface area contributed by atoms with Gasteiger partial charge in [-0.1, -0.05) is 32.0 Å². The molecule has 2 aromatic rings. The maximum atomic E-state index is 13.2. The van der Waals surface area contributed by atoms with Gasteiger partial charge in [0.1, 0.15) is 6.04 Å². The molecule has 2 heterocycles. The first-order valence-electron chi connectivity index (χ1n) is 9.59. The minimum Gasteiger partial charge on any atom is -0.481 e. The molecule has 0 aliphatic carbocycles. The van der Waals surface area contributed by atoms with Gasteiger partial charge in [0.25, 0.3) is 0 Å². The van der Waals surface area contributed by atoms with Crippen LogP contribution in [-0.2, 0) is 20.8 Å². The Bertz CT molecular complexity index is 904. The SMILES string of the molecule is CC(=O)NC(Cc1c[nH]c2ccccc12)C(=O)N1CCC(C(=O)O)(C(C)C)C1. The van der Waals surface area contributed by atoms with Gasteiger partial charge in [-0.25, -0.2) is 0 Å². The molecule has 150 valence electrons. The molecule has 28 heavy (non-hydrogen) atoms. The molecule has 1 aliphatic heterocycles. The molecule has 7 heteroatoms. The summed E-state index contributed by atoms with van der Waals surface area (Å²) in [7, 11) is 0. The average molecular weight is 385 g/mol. The van der Waals surface area contributed by atoms with Gasteiger partial charge in [0.15, 0.2) is 0 Å². The second kappa shape index (κ2) is 7.66. The zero-order chi connectivity index (χ0) is 20.5. The number of para-hydroxylation sites is 1. The molecule has 1 aliphatic rings. The van der Waals surface area contributed by atoms with E-state index in [0.29, 0.717) is 19.4 Å². The highest BCUT2D eigenvalue weighted by Crippen LogP contribution is 2.38. The van der Waals surface area contributed by atoms with Crippen LogP contribution in [0.3, 0.4) is 0 Å². The summed E-state index contributed by atoms with van der Waals surface area (Å²) in [6.07, 6.45) is 2.62. The Morgan fingerprint density at radius 1 is 1.29 bits per heavy atom. The second-order valence-corrected chi connectivity index (χ2v) is 7.94. The number of carbonyl (C=O) groups excluding carboxylic acids is 2. The summed E-state index contributed by atoms with van der Waals surface area (Å²) in [4.78, 5) is 41.6. The predicted molar refractivity (Wildman–Crippen MR) is 106 cm³/mol. The van der Waals surface area contributed by atoms with Gasteiger partial charge in [0, 0.05) is 43.5 Å². The number of nitrogens with one attached hydrogen (secondary N) is 2. The molecule has 1 aromatic heterocycles. The number of hydrogen-bond donors (Lipinski definition) is 3. The van der Waals surface area contributed by atoms with Gasteiger partial charge in [-0.2, -0.15) is 0 Å². The summed E-state index contributed by atoms with van der Waals surface area (Å²) in [6, 6.07) is 7.06. The van der Waals surface area contributed by atoms with Crippen molar-refractivity contribution in [2.45, 2.75) is 39.7 Å². The van der Waals surface area contributed by atoms with Gasteiger partial charge >= 0.3 is 5.97 Å². The molecular formula is C21H27N3O4. The van der Waals surface area contributed by atoms with E-state index >= 15 is 0 Å². The number of amides is 2. The van der Waals surface area contributed by atoms with Gasteiger partial charge in [-0.15, -0.1) is 0 Å². The fourth-order valence-corrected chi connectivity index (χ4v) is 4.10. The van der Waals surface area contributed by atoms with Gasteiger partial charge in [0.05, 0.1) is 5.41 Å². The lowest BCUT2D eigenvalue weighted by atomic mass is 9.76. The Kier molecular flexibility index (Phi) is 5.45. The van der Waals surface area contributed by atoms with E-state index in [2.05, 4.69) is 10.3 Å². The zero-order valence-electron chi connectivity index (χ0n) is 16.5. The fraction of sp³-hybridized carbons (Fsp3) is 0.476. The number of H-pyrrole nitrogens is 1. The number of hydrogen-bond acceptors (Lipinski definition) is 3. The average Bonchev–Trinajstić information content (AvgIpc) is 3.26. The molecule has 3 rings (SSSR count). The van der Waals surface area contributed by atoms with Crippen molar-refractivity contribution >= 4 is 28.7 Å². The largest absolute Gasteiger partial charge is 0.481 e. The summed E-state index contributed by atoms with van der Waals surface area (Å²) < 4.78 is 0. The highest BCUT2D eigenvalue weighted by atomic mass is 16.4. The summed E-state index contributed by atoms with van der Waals surface area (Å²) in [5, 5.41) is 13.5. The molecule has 2 amide bonds. The highest BCUT2D eigenvalue weighted by molar-refractivity contribution is 5.90. The lowest BCUT2D eigenvalue weighted by Crippen LogP contribution is -2.50.